The molecule has 0 atom stereocenters. The first-order valence-corrected chi connectivity index (χ1v) is 4.90. The summed E-state index contributed by atoms with van der Waals surface area (Å²) in [7, 11) is 0. The highest BCUT2D eigenvalue weighted by molar-refractivity contribution is 7.17. The minimum absolute atomic E-state index is 0.0560. The van der Waals surface area contributed by atoms with Crippen LogP contribution in [0.25, 0.3) is 10.1 Å². The topological polar surface area (TPSA) is 64.2 Å². The molecule has 4 heteroatoms. The summed E-state index contributed by atoms with van der Waals surface area (Å²) in [5.74, 6) is 0.128. The van der Waals surface area contributed by atoms with Crippen LogP contribution in [0, 0.1) is 11.3 Å². The highest BCUT2D eigenvalue weighted by Gasteiger charge is 2.11. The number of rotatable bonds is 1. The van der Waals surface area contributed by atoms with Gasteiger partial charge >= 0.3 is 0 Å². The van der Waals surface area contributed by atoms with Gasteiger partial charge in [-0.25, -0.2) is 0 Å². The molecule has 14 heavy (non-hydrogen) atoms. The van der Waals surface area contributed by atoms with E-state index in [1.165, 1.54) is 17.4 Å². The van der Waals surface area contributed by atoms with Crippen LogP contribution < -0.4 is 0 Å². The van der Waals surface area contributed by atoms with E-state index < -0.39 is 0 Å². The van der Waals surface area contributed by atoms with Crippen molar-refractivity contribution in [1.82, 2.24) is 0 Å². The maximum atomic E-state index is 9.50. The Hall–Kier alpha value is -1.73. The number of nitriles is 1. The Morgan fingerprint density at radius 3 is 2.79 bits per heavy atom. The van der Waals surface area contributed by atoms with Gasteiger partial charge < -0.3 is 10.2 Å². The predicted octanol–water partition coefficient (Wildman–Crippen LogP) is 2.38. The van der Waals surface area contributed by atoms with Crippen molar-refractivity contribution in [2.45, 2.75) is 6.42 Å². The number of phenolic OH excluding ortho intramolecular Hbond substituents is 1. The molecule has 0 fully saturated rings. The van der Waals surface area contributed by atoms with E-state index in [4.69, 9.17) is 5.26 Å². The van der Waals surface area contributed by atoms with Crippen molar-refractivity contribution < 1.29 is 10.2 Å². The number of phenols is 1. The summed E-state index contributed by atoms with van der Waals surface area (Å²) in [5, 5.41) is 29.5. The zero-order valence-electron chi connectivity index (χ0n) is 7.19. The largest absolute Gasteiger partial charge is 0.507 e. The summed E-state index contributed by atoms with van der Waals surface area (Å²) in [6.45, 7) is 0. The third-order valence-corrected chi connectivity index (χ3v) is 3.07. The molecule has 0 saturated carbocycles. The number of hydrogen-bond acceptors (Lipinski definition) is 4. The zero-order chi connectivity index (χ0) is 10.1. The number of benzene rings is 1. The lowest BCUT2D eigenvalue weighted by Gasteiger charge is -2.00. The van der Waals surface area contributed by atoms with Crippen LogP contribution >= 0.6 is 11.3 Å². The quantitative estimate of drug-likeness (QED) is 0.751. The molecule has 0 unspecified atom stereocenters. The smallest absolute Gasteiger partial charge is 0.137 e. The summed E-state index contributed by atoms with van der Waals surface area (Å²) in [5.41, 5.74) is 0.839. The third-order valence-electron chi connectivity index (χ3n) is 2.03. The molecule has 1 aromatic heterocycles. The first-order valence-electron chi connectivity index (χ1n) is 4.02. The van der Waals surface area contributed by atoms with Crippen LogP contribution in [0.2, 0.25) is 0 Å². The molecule has 1 heterocycles. The van der Waals surface area contributed by atoms with Crippen LogP contribution in [0.15, 0.2) is 17.5 Å². The first kappa shape index (κ1) is 8.85. The number of aromatic hydroxyl groups is 2. The van der Waals surface area contributed by atoms with E-state index in [1.807, 2.05) is 6.07 Å². The molecule has 0 spiro atoms. The normalized spacial score (nSPS) is 10.2. The molecular formula is C10H7NO2S. The molecule has 0 amide bonds. The summed E-state index contributed by atoms with van der Waals surface area (Å²) in [6.07, 6.45) is 0.288. The van der Waals surface area contributed by atoms with Crippen LogP contribution in [0.4, 0.5) is 0 Å². The Labute approximate surface area is 84.5 Å². The van der Waals surface area contributed by atoms with Crippen LogP contribution in [0.5, 0.6) is 11.5 Å². The lowest BCUT2D eigenvalue weighted by Crippen LogP contribution is -1.81. The second-order valence-corrected chi connectivity index (χ2v) is 3.78. The highest BCUT2D eigenvalue weighted by atomic mass is 32.1. The van der Waals surface area contributed by atoms with Crippen molar-refractivity contribution in [2.75, 3.05) is 0 Å². The van der Waals surface area contributed by atoms with Gasteiger partial charge in [0.2, 0.25) is 0 Å². The van der Waals surface area contributed by atoms with Gasteiger partial charge in [0.1, 0.15) is 11.5 Å². The van der Waals surface area contributed by atoms with E-state index in [2.05, 4.69) is 0 Å². The number of nitrogens with zero attached hydrogens (tertiary/aromatic N) is 1. The van der Waals surface area contributed by atoms with E-state index in [-0.39, 0.29) is 17.9 Å². The fraction of sp³-hybridized carbons (Fsp3) is 0.100. The standard InChI is InChI=1S/C10H7NO2S/c11-4-3-6-1-2-7(12)9-8(13)5-14-10(6)9/h1-2,5,12-13H,3H2. The summed E-state index contributed by atoms with van der Waals surface area (Å²) in [6, 6.07) is 5.25. The zero-order valence-corrected chi connectivity index (χ0v) is 8.01. The molecule has 0 aliphatic rings. The Morgan fingerprint density at radius 2 is 2.07 bits per heavy atom. The van der Waals surface area contributed by atoms with E-state index in [1.54, 1.807) is 11.4 Å². The minimum atomic E-state index is 0.0560. The monoisotopic (exact) mass is 205 g/mol. The Bertz CT molecular complexity index is 525. The molecule has 0 bridgehead atoms. The van der Waals surface area contributed by atoms with E-state index >= 15 is 0 Å². The van der Waals surface area contributed by atoms with Gasteiger partial charge in [0.15, 0.2) is 0 Å². The van der Waals surface area contributed by atoms with Crippen molar-refractivity contribution in [3.8, 4) is 17.6 Å². The maximum absolute atomic E-state index is 9.50. The van der Waals surface area contributed by atoms with Crippen LogP contribution in [0.1, 0.15) is 5.56 Å². The van der Waals surface area contributed by atoms with E-state index in [0.29, 0.717) is 5.39 Å². The van der Waals surface area contributed by atoms with Gasteiger partial charge in [0, 0.05) is 10.1 Å². The van der Waals surface area contributed by atoms with Gasteiger partial charge in [-0.1, -0.05) is 6.07 Å². The van der Waals surface area contributed by atoms with Crippen molar-refractivity contribution in [3.63, 3.8) is 0 Å². The van der Waals surface area contributed by atoms with Crippen LogP contribution in [-0.2, 0) is 6.42 Å². The Kier molecular flexibility index (Phi) is 2.02. The predicted molar refractivity (Wildman–Crippen MR) is 54.5 cm³/mol. The summed E-state index contributed by atoms with van der Waals surface area (Å²) < 4.78 is 0.782. The lowest BCUT2D eigenvalue weighted by atomic mass is 10.1. The van der Waals surface area contributed by atoms with Crippen molar-refractivity contribution in [2.24, 2.45) is 0 Å². The van der Waals surface area contributed by atoms with Crippen molar-refractivity contribution in [1.29, 1.82) is 5.26 Å². The fourth-order valence-electron chi connectivity index (χ4n) is 1.40. The van der Waals surface area contributed by atoms with Gasteiger partial charge in [-0.05, 0) is 11.6 Å². The van der Waals surface area contributed by atoms with Gasteiger partial charge in [0.05, 0.1) is 17.9 Å². The second kappa shape index (κ2) is 3.20. The summed E-state index contributed by atoms with van der Waals surface area (Å²) in [4.78, 5) is 0. The minimum Gasteiger partial charge on any atom is -0.507 e. The van der Waals surface area contributed by atoms with E-state index in [0.717, 1.165) is 10.3 Å². The van der Waals surface area contributed by atoms with E-state index in [9.17, 15) is 10.2 Å². The molecule has 0 saturated heterocycles. The number of fused-ring (bicyclic) bond motifs is 1. The fourth-order valence-corrected chi connectivity index (χ4v) is 2.36. The SMILES string of the molecule is N#CCc1ccc(O)c2c(O)csc12. The van der Waals surface area contributed by atoms with Gasteiger partial charge in [-0.3, -0.25) is 0 Å². The van der Waals surface area contributed by atoms with Gasteiger partial charge in [-0.15, -0.1) is 11.3 Å². The second-order valence-electron chi connectivity index (χ2n) is 2.90. The number of thiophene rings is 1. The van der Waals surface area contributed by atoms with Crippen LogP contribution in [0.3, 0.4) is 0 Å². The Balaban J connectivity index is 2.78. The van der Waals surface area contributed by atoms with Crippen molar-refractivity contribution >= 4 is 21.4 Å². The highest BCUT2D eigenvalue weighted by Crippen LogP contribution is 2.39. The van der Waals surface area contributed by atoms with Crippen molar-refractivity contribution in [3.05, 3.63) is 23.1 Å². The molecule has 2 rings (SSSR count). The third kappa shape index (κ3) is 1.19. The molecule has 0 aliphatic heterocycles. The molecule has 2 N–H and O–H groups in total. The number of hydrogen-bond donors (Lipinski definition) is 2. The molecular weight excluding hydrogens is 198 g/mol. The molecule has 2 aromatic rings. The molecule has 0 radical (unpaired) electrons. The average molecular weight is 205 g/mol. The summed E-state index contributed by atoms with van der Waals surface area (Å²) >= 11 is 1.33. The molecule has 3 nitrogen and oxygen atoms in total. The molecule has 0 aliphatic carbocycles. The van der Waals surface area contributed by atoms with Gasteiger partial charge in [0.25, 0.3) is 0 Å². The average Bonchev–Trinajstić information content (AvgIpc) is 2.54. The molecule has 1 aromatic carbocycles. The van der Waals surface area contributed by atoms with Gasteiger partial charge in [-0.2, -0.15) is 5.26 Å². The Morgan fingerprint density at radius 1 is 1.29 bits per heavy atom. The maximum Gasteiger partial charge on any atom is 0.137 e. The molecule has 70 valence electrons. The van der Waals surface area contributed by atoms with Crippen LogP contribution in [-0.4, -0.2) is 10.2 Å². The lowest BCUT2D eigenvalue weighted by molar-refractivity contribution is 0.465. The first-order chi connectivity index (χ1) is 6.74.